The molecule has 266 valence electrons. The van der Waals surface area contributed by atoms with E-state index in [2.05, 4.69) is 203 Å². The third-order valence-corrected chi connectivity index (χ3v) is 11.8. The number of benzene rings is 8. The summed E-state index contributed by atoms with van der Waals surface area (Å²) in [4.78, 5) is 2.51. The molecule has 0 atom stereocenters. The third kappa shape index (κ3) is 5.31. The Kier molecular flexibility index (Phi) is 7.44. The van der Waals surface area contributed by atoms with Crippen LogP contribution in [0.3, 0.4) is 0 Å². The van der Waals surface area contributed by atoms with E-state index in [1.165, 1.54) is 55.3 Å². The molecule has 0 radical (unpaired) electrons. The van der Waals surface area contributed by atoms with Crippen LogP contribution in [0.15, 0.2) is 174 Å². The lowest BCUT2D eigenvalue weighted by Gasteiger charge is -2.32. The molecule has 0 amide bonds. The van der Waals surface area contributed by atoms with Crippen LogP contribution < -0.4 is 4.90 Å². The third-order valence-electron chi connectivity index (χ3n) is 11.8. The zero-order chi connectivity index (χ0) is 37.5. The monoisotopic (exact) mass is 709 g/mol. The van der Waals surface area contributed by atoms with Crippen molar-refractivity contribution in [2.24, 2.45) is 0 Å². The fourth-order valence-corrected chi connectivity index (χ4v) is 8.93. The first-order valence-electron chi connectivity index (χ1n) is 19.3. The number of furan rings is 1. The van der Waals surface area contributed by atoms with E-state index in [1.54, 1.807) is 0 Å². The molecule has 1 heterocycles. The molecule has 0 unspecified atom stereocenters. The quantitative estimate of drug-likeness (QED) is 0.177. The highest BCUT2D eigenvalue weighted by Gasteiger charge is 2.36. The topological polar surface area (TPSA) is 16.4 Å². The van der Waals surface area contributed by atoms with Crippen molar-refractivity contribution in [3.63, 3.8) is 0 Å². The highest BCUT2D eigenvalue weighted by atomic mass is 16.3. The summed E-state index contributed by atoms with van der Waals surface area (Å²) in [5.74, 6) is 0. The predicted octanol–water partition coefficient (Wildman–Crippen LogP) is 15.1. The van der Waals surface area contributed by atoms with Crippen LogP contribution in [0.1, 0.15) is 51.3 Å². The minimum absolute atomic E-state index is 0.0220. The van der Waals surface area contributed by atoms with E-state index in [9.17, 15) is 0 Å². The minimum atomic E-state index is -0.0883. The Morgan fingerprint density at radius 2 is 1.16 bits per heavy atom. The summed E-state index contributed by atoms with van der Waals surface area (Å²) in [6, 6.07) is 62.4. The van der Waals surface area contributed by atoms with Crippen LogP contribution in [0.25, 0.3) is 66.1 Å². The van der Waals surface area contributed by atoms with Crippen molar-refractivity contribution in [1.29, 1.82) is 0 Å². The van der Waals surface area contributed by atoms with Crippen molar-refractivity contribution < 1.29 is 4.42 Å². The number of anilines is 3. The number of hydrogen-bond donors (Lipinski definition) is 0. The van der Waals surface area contributed by atoms with Crippen molar-refractivity contribution in [3.05, 3.63) is 187 Å². The average Bonchev–Trinajstić information content (AvgIpc) is 3.69. The Balaban J connectivity index is 1.30. The Morgan fingerprint density at radius 1 is 0.473 bits per heavy atom. The molecular formula is C53H43NO. The second-order valence-corrected chi connectivity index (χ2v) is 16.6. The summed E-state index contributed by atoms with van der Waals surface area (Å²) in [5, 5.41) is 4.65. The Hall–Kier alpha value is -6.38. The lowest BCUT2D eigenvalue weighted by Crippen LogP contribution is -2.16. The zero-order valence-electron chi connectivity index (χ0n) is 32.0. The highest BCUT2D eigenvalue weighted by molar-refractivity contribution is 6.10. The SMILES string of the molecule is CC(C)(C)c1ccc(N(c2ccc3c(c2)-c2ccccc2C3(C)C)c2ccc3ccccc3c2-c2ccc3c(c2)oc2ccccc23)c(-c2ccccc2)c1. The van der Waals surface area contributed by atoms with E-state index >= 15 is 0 Å². The lowest BCUT2D eigenvalue weighted by atomic mass is 9.82. The molecule has 1 aliphatic carbocycles. The summed E-state index contributed by atoms with van der Waals surface area (Å²) in [6.07, 6.45) is 0. The van der Waals surface area contributed by atoms with Crippen molar-refractivity contribution >= 4 is 49.8 Å². The molecule has 0 fully saturated rings. The smallest absolute Gasteiger partial charge is 0.136 e. The van der Waals surface area contributed by atoms with Crippen molar-refractivity contribution in [2.45, 2.75) is 45.4 Å². The van der Waals surface area contributed by atoms with Crippen molar-refractivity contribution in [1.82, 2.24) is 0 Å². The molecule has 2 nitrogen and oxygen atoms in total. The van der Waals surface area contributed by atoms with Crippen LogP contribution in [-0.4, -0.2) is 0 Å². The van der Waals surface area contributed by atoms with Crippen LogP contribution in [0.2, 0.25) is 0 Å². The average molecular weight is 710 g/mol. The molecule has 0 aliphatic heterocycles. The van der Waals surface area contributed by atoms with E-state index in [-0.39, 0.29) is 10.8 Å². The van der Waals surface area contributed by atoms with Crippen LogP contribution in [0.5, 0.6) is 0 Å². The van der Waals surface area contributed by atoms with Gasteiger partial charge in [0.1, 0.15) is 11.2 Å². The summed E-state index contributed by atoms with van der Waals surface area (Å²) in [6.45, 7) is 11.6. The van der Waals surface area contributed by atoms with Crippen molar-refractivity contribution in [3.8, 4) is 33.4 Å². The van der Waals surface area contributed by atoms with E-state index in [1.807, 2.05) is 6.07 Å². The Morgan fingerprint density at radius 3 is 2.00 bits per heavy atom. The molecular weight excluding hydrogens is 667 g/mol. The second kappa shape index (κ2) is 12.3. The molecule has 8 aromatic carbocycles. The predicted molar refractivity (Wildman–Crippen MR) is 233 cm³/mol. The molecule has 1 aromatic heterocycles. The highest BCUT2D eigenvalue weighted by Crippen LogP contribution is 2.53. The Bertz CT molecular complexity index is 2940. The van der Waals surface area contributed by atoms with Crippen LogP contribution in [-0.2, 0) is 10.8 Å². The van der Waals surface area contributed by atoms with Crippen LogP contribution in [0.4, 0.5) is 17.1 Å². The zero-order valence-corrected chi connectivity index (χ0v) is 32.0. The minimum Gasteiger partial charge on any atom is -0.456 e. The van der Waals surface area contributed by atoms with Crippen molar-refractivity contribution in [2.75, 3.05) is 4.90 Å². The molecule has 1 aliphatic rings. The first-order valence-corrected chi connectivity index (χ1v) is 19.3. The van der Waals surface area contributed by atoms with E-state index in [0.717, 1.165) is 44.6 Å². The van der Waals surface area contributed by atoms with Gasteiger partial charge in [-0.3, -0.25) is 0 Å². The van der Waals surface area contributed by atoms with E-state index in [0.29, 0.717) is 0 Å². The molecule has 0 N–H and O–H groups in total. The maximum Gasteiger partial charge on any atom is 0.136 e. The summed E-state index contributed by atoms with van der Waals surface area (Å²) >= 11 is 0. The van der Waals surface area contributed by atoms with Gasteiger partial charge < -0.3 is 9.32 Å². The summed E-state index contributed by atoms with van der Waals surface area (Å²) < 4.78 is 6.51. The van der Waals surface area contributed by atoms with Gasteiger partial charge in [-0.05, 0) is 104 Å². The van der Waals surface area contributed by atoms with Crippen LogP contribution in [0, 0.1) is 0 Å². The maximum absolute atomic E-state index is 6.51. The van der Waals surface area contributed by atoms with Gasteiger partial charge in [-0.25, -0.2) is 0 Å². The van der Waals surface area contributed by atoms with E-state index in [4.69, 9.17) is 4.42 Å². The summed E-state index contributed by atoms with van der Waals surface area (Å²) in [7, 11) is 0. The van der Waals surface area contributed by atoms with Gasteiger partial charge in [0.05, 0.1) is 11.4 Å². The standard InChI is InChI=1S/C53H43NO/c1-52(2,3)37-25-30-47(43(32-37)34-15-7-6-8-16-34)54(38-26-28-46-44(33-38)40-19-11-13-21-45(40)53(46,4)5)48-29-24-35-17-9-10-18-39(35)51(48)36-23-27-42-41-20-12-14-22-49(41)55-50(42)31-36/h6-33H,1-5H3. The first-order chi connectivity index (χ1) is 26.7. The molecule has 0 saturated carbocycles. The van der Waals surface area contributed by atoms with Crippen LogP contribution >= 0.6 is 0 Å². The molecule has 2 heteroatoms. The summed E-state index contributed by atoms with van der Waals surface area (Å²) in [5.41, 5.74) is 16.3. The fraction of sp³-hybridized carbons (Fsp3) is 0.132. The maximum atomic E-state index is 6.51. The number of rotatable bonds is 5. The lowest BCUT2D eigenvalue weighted by molar-refractivity contribution is 0.590. The fourth-order valence-electron chi connectivity index (χ4n) is 8.93. The largest absolute Gasteiger partial charge is 0.456 e. The number of nitrogens with zero attached hydrogens (tertiary/aromatic N) is 1. The van der Waals surface area contributed by atoms with Gasteiger partial charge >= 0.3 is 0 Å². The van der Waals surface area contributed by atoms with Gasteiger partial charge in [-0.1, -0.05) is 156 Å². The van der Waals surface area contributed by atoms with Gasteiger partial charge in [0.15, 0.2) is 0 Å². The van der Waals surface area contributed by atoms with Gasteiger partial charge in [-0.15, -0.1) is 0 Å². The molecule has 0 saturated heterocycles. The molecule has 10 rings (SSSR count). The normalized spacial score (nSPS) is 13.3. The van der Waals surface area contributed by atoms with E-state index < -0.39 is 0 Å². The van der Waals surface area contributed by atoms with Gasteiger partial charge in [-0.2, -0.15) is 0 Å². The first kappa shape index (κ1) is 33.2. The number of hydrogen-bond acceptors (Lipinski definition) is 2. The Labute approximate surface area is 323 Å². The molecule has 0 spiro atoms. The number of para-hydroxylation sites is 1. The molecule has 9 aromatic rings. The number of fused-ring (bicyclic) bond motifs is 7. The second-order valence-electron chi connectivity index (χ2n) is 16.6. The van der Waals surface area contributed by atoms with Gasteiger partial charge in [0, 0.05) is 33.0 Å². The molecule has 55 heavy (non-hydrogen) atoms. The van der Waals surface area contributed by atoms with Gasteiger partial charge in [0.2, 0.25) is 0 Å². The van der Waals surface area contributed by atoms with Gasteiger partial charge in [0.25, 0.3) is 0 Å². The molecule has 0 bridgehead atoms.